The van der Waals surface area contributed by atoms with Crippen LogP contribution in [0.4, 0.5) is 5.82 Å². The van der Waals surface area contributed by atoms with Gasteiger partial charge in [-0.3, -0.25) is 14.7 Å². The molecule has 0 saturated carbocycles. The van der Waals surface area contributed by atoms with E-state index in [1.54, 1.807) is 29.5 Å². The number of rotatable bonds is 3. The number of anilines is 1. The lowest BCUT2D eigenvalue weighted by molar-refractivity contribution is -0.116. The van der Waals surface area contributed by atoms with E-state index < -0.39 is 5.92 Å². The lowest BCUT2D eigenvalue weighted by atomic mass is 9.73. The first-order chi connectivity index (χ1) is 16.5. The average Bonchev–Trinajstić information content (AvgIpc) is 3.49. The van der Waals surface area contributed by atoms with Crippen molar-refractivity contribution >= 4 is 38.9 Å². The molecule has 0 saturated heterocycles. The highest BCUT2D eigenvalue weighted by molar-refractivity contribution is 9.10. The minimum atomic E-state index is -0.672. The summed E-state index contributed by atoms with van der Waals surface area (Å²) < 4.78 is 2.25. The molecule has 8 heteroatoms. The third-order valence-electron chi connectivity index (χ3n) is 6.55. The van der Waals surface area contributed by atoms with Gasteiger partial charge in [-0.15, -0.1) is 11.3 Å². The fourth-order valence-corrected chi connectivity index (χ4v) is 6.25. The summed E-state index contributed by atoms with van der Waals surface area (Å²) in [5.74, 6) is 0.00724. The third-order valence-corrected chi connectivity index (χ3v) is 8.08. The standard InChI is InChI=1S/C26H20BrN3O3S/c27-15-8-9-19(31)17(13-15)22-23-18(11-14(12-20(23)32)21-7-4-10-34-21)28-25-24(22)26(33)30(29-25)16-5-2-1-3-6-16/h1-10,13-14,22,28-29,31H,11-12H2/t14-,22+/m0/s1. The number of fused-ring (bicyclic) bond motifs is 1. The summed E-state index contributed by atoms with van der Waals surface area (Å²) in [6.45, 7) is 0. The molecule has 6 nitrogen and oxygen atoms in total. The second-order valence-corrected chi connectivity index (χ2v) is 10.5. The van der Waals surface area contributed by atoms with Gasteiger partial charge in [0.05, 0.1) is 17.2 Å². The van der Waals surface area contributed by atoms with Gasteiger partial charge >= 0.3 is 0 Å². The molecular weight excluding hydrogens is 514 g/mol. The van der Waals surface area contributed by atoms with Crippen LogP contribution in [-0.4, -0.2) is 20.7 Å². The topological polar surface area (TPSA) is 87.1 Å². The summed E-state index contributed by atoms with van der Waals surface area (Å²) in [5, 5.41) is 19.4. The van der Waals surface area contributed by atoms with Crippen LogP contribution < -0.4 is 10.9 Å². The Morgan fingerprint density at radius 3 is 2.62 bits per heavy atom. The van der Waals surface area contributed by atoms with E-state index in [2.05, 4.69) is 32.4 Å². The second kappa shape index (κ2) is 8.14. The van der Waals surface area contributed by atoms with Gasteiger partial charge in [0, 0.05) is 38.5 Å². The van der Waals surface area contributed by atoms with Crippen LogP contribution in [0.5, 0.6) is 5.75 Å². The lowest BCUT2D eigenvalue weighted by Crippen LogP contribution is -2.31. The number of aromatic nitrogens is 2. The number of benzene rings is 2. The first kappa shape index (κ1) is 21.2. The van der Waals surface area contributed by atoms with E-state index in [1.165, 1.54) is 9.56 Å². The molecule has 4 aromatic rings. The van der Waals surface area contributed by atoms with Crippen LogP contribution in [0.15, 0.2) is 86.6 Å². The summed E-state index contributed by atoms with van der Waals surface area (Å²) in [5.41, 5.74) is 2.76. The number of ketones is 1. The van der Waals surface area contributed by atoms with Crippen molar-refractivity contribution in [3.8, 4) is 11.4 Å². The maximum atomic E-state index is 13.7. The van der Waals surface area contributed by atoms with Crippen LogP contribution in [0, 0.1) is 0 Å². The number of aromatic amines is 1. The monoisotopic (exact) mass is 533 g/mol. The van der Waals surface area contributed by atoms with E-state index in [-0.39, 0.29) is 23.0 Å². The number of nitrogens with one attached hydrogen (secondary N) is 2. The highest BCUT2D eigenvalue weighted by Gasteiger charge is 2.42. The second-order valence-electron chi connectivity index (χ2n) is 8.57. The van der Waals surface area contributed by atoms with E-state index >= 15 is 0 Å². The number of hydrogen-bond acceptors (Lipinski definition) is 5. The predicted octanol–water partition coefficient (Wildman–Crippen LogP) is 5.65. The molecule has 0 radical (unpaired) electrons. The normalized spacial score (nSPS) is 19.5. The van der Waals surface area contributed by atoms with Crippen molar-refractivity contribution in [2.75, 3.05) is 5.32 Å². The summed E-state index contributed by atoms with van der Waals surface area (Å²) in [4.78, 5) is 28.5. The summed E-state index contributed by atoms with van der Waals surface area (Å²) in [6, 6.07) is 18.5. The number of carbonyl (C=O) groups excluding carboxylic acids is 1. The minimum absolute atomic E-state index is 0.00552. The molecule has 34 heavy (non-hydrogen) atoms. The van der Waals surface area contributed by atoms with Gasteiger partial charge in [-0.1, -0.05) is 40.2 Å². The summed E-state index contributed by atoms with van der Waals surface area (Å²) in [7, 11) is 0. The van der Waals surface area contributed by atoms with Crippen molar-refractivity contribution in [1.82, 2.24) is 9.78 Å². The molecule has 0 fully saturated rings. The number of phenols is 1. The summed E-state index contributed by atoms with van der Waals surface area (Å²) in [6.07, 6.45) is 1.03. The predicted molar refractivity (Wildman–Crippen MR) is 136 cm³/mol. The number of H-pyrrole nitrogens is 1. The maximum absolute atomic E-state index is 13.7. The molecule has 6 rings (SSSR count). The van der Waals surface area contributed by atoms with Gasteiger partial charge in [-0.05, 0) is 48.2 Å². The largest absolute Gasteiger partial charge is 0.508 e. The molecule has 170 valence electrons. The number of aromatic hydroxyl groups is 1. The Balaban J connectivity index is 1.56. The van der Waals surface area contributed by atoms with E-state index in [0.29, 0.717) is 41.0 Å². The number of allylic oxidation sites excluding steroid dienone is 2. The van der Waals surface area contributed by atoms with Crippen LogP contribution >= 0.6 is 27.3 Å². The van der Waals surface area contributed by atoms with E-state index in [4.69, 9.17) is 0 Å². The van der Waals surface area contributed by atoms with E-state index in [9.17, 15) is 14.7 Å². The number of carbonyl (C=O) groups is 1. The summed E-state index contributed by atoms with van der Waals surface area (Å²) >= 11 is 5.14. The van der Waals surface area contributed by atoms with Crippen molar-refractivity contribution in [2.45, 2.75) is 24.7 Å². The Bertz CT molecular complexity index is 1500. The molecule has 2 aromatic carbocycles. The van der Waals surface area contributed by atoms with Crippen LogP contribution in [-0.2, 0) is 4.79 Å². The number of nitrogens with zero attached hydrogens (tertiary/aromatic N) is 1. The Morgan fingerprint density at radius 2 is 1.85 bits per heavy atom. The molecule has 0 spiro atoms. The molecular formula is C26H20BrN3O3S. The first-order valence-electron chi connectivity index (χ1n) is 11.0. The first-order valence-corrected chi connectivity index (χ1v) is 12.6. The van der Waals surface area contributed by atoms with Crippen molar-refractivity contribution in [1.29, 1.82) is 0 Å². The highest BCUT2D eigenvalue weighted by atomic mass is 79.9. The smallest absolute Gasteiger partial charge is 0.277 e. The van der Waals surface area contributed by atoms with Gasteiger partial charge in [-0.25, -0.2) is 4.68 Å². The van der Waals surface area contributed by atoms with Gasteiger partial charge in [0.25, 0.3) is 5.56 Å². The number of Topliss-reactive ketones (excluding diaryl/α,β-unsaturated/α-hetero) is 1. The van der Waals surface area contributed by atoms with Gasteiger partial charge in [0.2, 0.25) is 0 Å². The maximum Gasteiger partial charge on any atom is 0.277 e. The van der Waals surface area contributed by atoms with Crippen LogP contribution in [0.2, 0.25) is 0 Å². The van der Waals surface area contributed by atoms with Crippen LogP contribution in [0.25, 0.3) is 5.69 Å². The molecule has 1 aliphatic heterocycles. The molecule has 3 heterocycles. The Morgan fingerprint density at radius 1 is 1.03 bits per heavy atom. The van der Waals surface area contributed by atoms with Crippen molar-refractivity contribution in [2.24, 2.45) is 0 Å². The number of phenolic OH excluding ortho intramolecular Hbond substituents is 1. The van der Waals surface area contributed by atoms with Crippen molar-refractivity contribution in [3.63, 3.8) is 0 Å². The molecule has 0 amide bonds. The van der Waals surface area contributed by atoms with Gasteiger partial charge in [0.1, 0.15) is 11.6 Å². The molecule has 0 unspecified atom stereocenters. The van der Waals surface area contributed by atoms with Gasteiger partial charge in [-0.2, -0.15) is 0 Å². The SMILES string of the molecule is O=C1C[C@@H](c2cccs2)CC2=C1[C@@H](c1cc(Br)ccc1O)c1c([nH]n(-c3ccccc3)c1=O)N2. The Kier molecular flexibility index (Phi) is 5.08. The average molecular weight is 534 g/mol. The molecule has 2 aliphatic rings. The number of thiophene rings is 1. The highest BCUT2D eigenvalue weighted by Crippen LogP contribution is 2.49. The molecule has 2 atom stereocenters. The molecule has 0 bridgehead atoms. The Labute approximate surface area is 207 Å². The number of halogens is 1. The lowest BCUT2D eigenvalue weighted by Gasteiger charge is -2.34. The van der Waals surface area contributed by atoms with Crippen molar-refractivity contribution in [3.05, 3.63) is 108 Å². The molecule has 1 aliphatic carbocycles. The zero-order chi connectivity index (χ0) is 23.4. The van der Waals surface area contributed by atoms with Crippen molar-refractivity contribution < 1.29 is 9.90 Å². The van der Waals surface area contributed by atoms with E-state index in [0.717, 1.165) is 10.2 Å². The van der Waals surface area contributed by atoms with Gasteiger partial charge in [0.15, 0.2) is 5.78 Å². The number of para-hydroxylation sites is 1. The zero-order valence-corrected chi connectivity index (χ0v) is 20.3. The fourth-order valence-electron chi connectivity index (χ4n) is 5.04. The van der Waals surface area contributed by atoms with Crippen LogP contribution in [0.3, 0.4) is 0 Å². The minimum Gasteiger partial charge on any atom is -0.508 e. The van der Waals surface area contributed by atoms with Gasteiger partial charge < -0.3 is 10.4 Å². The van der Waals surface area contributed by atoms with Crippen LogP contribution in [0.1, 0.15) is 40.7 Å². The zero-order valence-electron chi connectivity index (χ0n) is 17.9. The molecule has 2 aromatic heterocycles. The quantitative estimate of drug-likeness (QED) is 0.317. The third kappa shape index (κ3) is 3.36. The Hall–Kier alpha value is -3.36. The van der Waals surface area contributed by atoms with E-state index in [1.807, 2.05) is 41.8 Å². The molecule has 3 N–H and O–H groups in total. The number of hydrogen-bond donors (Lipinski definition) is 3. The fraction of sp³-hybridized carbons (Fsp3) is 0.154.